The number of nitrogens with one attached hydrogen (secondary N) is 1. The summed E-state index contributed by atoms with van der Waals surface area (Å²) < 4.78 is 32.9. The van der Waals surface area contributed by atoms with Crippen molar-refractivity contribution >= 4 is 33.2 Å². The van der Waals surface area contributed by atoms with Crippen molar-refractivity contribution in [1.82, 2.24) is 5.32 Å². The number of nitrogens with zero attached hydrogens (tertiary/aromatic N) is 1. The molecule has 3 aromatic rings. The van der Waals surface area contributed by atoms with E-state index in [1.165, 1.54) is 24.3 Å². The Labute approximate surface area is 193 Å². The number of hydrogen-bond donors (Lipinski definition) is 1. The summed E-state index contributed by atoms with van der Waals surface area (Å²) in [5, 5.41) is 3.24. The van der Waals surface area contributed by atoms with Crippen molar-refractivity contribution in [1.29, 1.82) is 0 Å². The molecule has 0 unspecified atom stereocenters. The van der Waals surface area contributed by atoms with Crippen LogP contribution in [0.4, 0.5) is 5.69 Å². The topological polar surface area (TPSA) is 75.7 Å². The van der Waals surface area contributed by atoms with Gasteiger partial charge in [0.25, 0.3) is 10.0 Å². The van der Waals surface area contributed by atoms with Crippen molar-refractivity contribution in [3.8, 4) is 5.75 Å². The molecule has 0 aliphatic rings. The minimum atomic E-state index is -3.96. The maximum atomic E-state index is 13.3. The Balaban J connectivity index is 1.73. The lowest BCUT2D eigenvalue weighted by Gasteiger charge is -2.24. The molecule has 1 amide bonds. The Bertz CT molecular complexity index is 1150. The zero-order chi connectivity index (χ0) is 23.1. The van der Waals surface area contributed by atoms with Crippen molar-refractivity contribution in [2.24, 2.45) is 0 Å². The van der Waals surface area contributed by atoms with Crippen LogP contribution in [0.25, 0.3) is 0 Å². The van der Waals surface area contributed by atoms with Gasteiger partial charge in [0.15, 0.2) is 0 Å². The van der Waals surface area contributed by atoms with E-state index in [9.17, 15) is 13.2 Å². The standard InChI is InChI=1S/C24H25ClN2O4S/c1-18-3-9-21(10-4-18)27(32(29,30)23-13-7-20(25)8-14-23)17-24(28)26-16-15-19-5-11-22(31-2)12-6-19/h3-14H,15-17H2,1-2H3,(H,26,28). The number of ether oxygens (including phenoxy) is 1. The number of amides is 1. The van der Waals surface area contributed by atoms with Gasteiger partial charge in [-0.1, -0.05) is 41.4 Å². The van der Waals surface area contributed by atoms with Gasteiger partial charge in [0.2, 0.25) is 5.91 Å². The lowest BCUT2D eigenvalue weighted by Crippen LogP contribution is -2.41. The van der Waals surface area contributed by atoms with E-state index in [-0.39, 0.29) is 11.4 Å². The van der Waals surface area contributed by atoms with Crippen LogP contribution in [0.1, 0.15) is 11.1 Å². The summed E-state index contributed by atoms with van der Waals surface area (Å²) in [7, 11) is -2.36. The molecule has 1 N–H and O–H groups in total. The SMILES string of the molecule is COc1ccc(CCNC(=O)CN(c2ccc(C)cc2)S(=O)(=O)c2ccc(Cl)cc2)cc1. The highest BCUT2D eigenvalue weighted by Crippen LogP contribution is 2.25. The second-order valence-corrected chi connectivity index (χ2v) is 9.55. The fraction of sp³-hybridized carbons (Fsp3) is 0.208. The van der Waals surface area contributed by atoms with Crippen LogP contribution < -0.4 is 14.4 Å². The molecule has 0 fully saturated rings. The van der Waals surface area contributed by atoms with Crippen LogP contribution in [-0.2, 0) is 21.2 Å². The lowest BCUT2D eigenvalue weighted by atomic mass is 10.1. The van der Waals surface area contributed by atoms with Gasteiger partial charge in [0.05, 0.1) is 17.7 Å². The van der Waals surface area contributed by atoms with Gasteiger partial charge in [0.1, 0.15) is 12.3 Å². The number of benzene rings is 3. The van der Waals surface area contributed by atoms with Gasteiger partial charge in [-0.15, -0.1) is 0 Å². The van der Waals surface area contributed by atoms with Crippen LogP contribution in [0.15, 0.2) is 77.7 Å². The first-order valence-electron chi connectivity index (χ1n) is 10.0. The summed E-state index contributed by atoms with van der Waals surface area (Å²) in [6.07, 6.45) is 0.615. The van der Waals surface area contributed by atoms with E-state index >= 15 is 0 Å². The second kappa shape index (κ2) is 10.5. The number of carbonyl (C=O) groups excluding carboxylic acids is 1. The van der Waals surface area contributed by atoms with Gasteiger partial charge in [-0.3, -0.25) is 9.10 Å². The van der Waals surface area contributed by atoms with Crippen molar-refractivity contribution in [2.45, 2.75) is 18.2 Å². The number of anilines is 1. The minimum absolute atomic E-state index is 0.0634. The smallest absolute Gasteiger partial charge is 0.264 e. The predicted molar refractivity (Wildman–Crippen MR) is 127 cm³/mol. The molecule has 168 valence electrons. The van der Waals surface area contributed by atoms with E-state index in [0.29, 0.717) is 23.7 Å². The second-order valence-electron chi connectivity index (χ2n) is 7.25. The Morgan fingerprint density at radius 3 is 2.19 bits per heavy atom. The van der Waals surface area contributed by atoms with Crippen LogP contribution in [0.3, 0.4) is 0 Å². The third-order valence-electron chi connectivity index (χ3n) is 4.91. The molecule has 0 heterocycles. The third-order valence-corrected chi connectivity index (χ3v) is 6.95. The van der Waals surface area contributed by atoms with Gasteiger partial charge in [-0.25, -0.2) is 8.42 Å². The molecule has 0 bridgehead atoms. The molecule has 0 aliphatic heterocycles. The fourth-order valence-electron chi connectivity index (χ4n) is 3.08. The summed E-state index contributed by atoms with van der Waals surface area (Å²) in [6, 6.07) is 20.4. The number of rotatable bonds is 9. The van der Waals surface area contributed by atoms with E-state index in [4.69, 9.17) is 16.3 Å². The number of sulfonamides is 1. The highest BCUT2D eigenvalue weighted by Gasteiger charge is 2.27. The van der Waals surface area contributed by atoms with Crippen LogP contribution in [0.2, 0.25) is 5.02 Å². The molecule has 0 aromatic heterocycles. The molecule has 0 saturated carbocycles. The maximum Gasteiger partial charge on any atom is 0.264 e. The van der Waals surface area contributed by atoms with Gasteiger partial charge < -0.3 is 10.1 Å². The first-order valence-corrected chi connectivity index (χ1v) is 11.9. The predicted octanol–water partition coefficient (Wildman–Crippen LogP) is 4.21. The summed E-state index contributed by atoms with van der Waals surface area (Å²) in [6.45, 7) is 1.96. The van der Waals surface area contributed by atoms with E-state index in [1.54, 1.807) is 31.4 Å². The highest BCUT2D eigenvalue weighted by atomic mass is 35.5. The maximum absolute atomic E-state index is 13.3. The highest BCUT2D eigenvalue weighted by molar-refractivity contribution is 7.92. The quantitative estimate of drug-likeness (QED) is 0.506. The van der Waals surface area contributed by atoms with E-state index < -0.39 is 15.9 Å². The van der Waals surface area contributed by atoms with Crippen molar-refractivity contribution in [3.63, 3.8) is 0 Å². The van der Waals surface area contributed by atoms with E-state index in [2.05, 4.69) is 5.32 Å². The number of aryl methyl sites for hydroxylation is 1. The molecule has 6 nitrogen and oxygen atoms in total. The molecule has 0 spiro atoms. The molecular formula is C24H25ClN2O4S. The van der Waals surface area contributed by atoms with Crippen LogP contribution in [-0.4, -0.2) is 34.5 Å². The zero-order valence-electron chi connectivity index (χ0n) is 17.9. The molecule has 0 saturated heterocycles. The summed E-state index contributed by atoms with van der Waals surface area (Å²) >= 11 is 5.91. The molecule has 3 aromatic carbocycles. The first-order chi connectivity index (χ1) is 15.3. The largest absolute Gasteiger partial charge is 0.497 e. The molecular weight excluding hydrogens is 448 g/mol. The average molecular weight is 473 g/mol. The molecule has 0 atom stereocenters. The Morgan fingerprint density at radius 2 is 1.59 bits per heavy atom. The van der Waals surface area contributed by atoms with E-state index in [0.717, 1.165) is 21.2 Å². The van der Waals surface area contributed by atoms with Crippen LogP contribution in [0, 0.1) is 6.92 Å². The van der Waals surface area contributed by atoms with Crippen molar-refractivity contribution in [3.05, 3.63) is 88.9 Å². The monoisotopic (exact) mass is 472 g/mol. The Morgan fingerprint density at radius 1 is 0.969 bits per heavy atom. The molecule has 0 radical (unpaired) electrons. The summed E-state index contributed by atoms with van der Waals surface area (Å²) in [4.78, 5) is 12.7. The number of halogens is 1. The van der Waals surface area contributed by atoms with E-state index in [1.807, 2.05) is 31.2 Å². The van der Waals surface area contributed by atoms with Crippen LogP contribution in [0.5, 0.6) is 5.75 Å². The summed E-state index contributed by atoms with van der Waals surface area (Å²) in [5.74, 6) is 0.371. The number of hydrogen-bond acceptors (Lipinski definition) is 4. The zero-order valence-corrected chi connectivity index (χ0v) is 19.5. The number of methoxy groups -OCH3 is 1. The Kier molecular flexibility index (Phi) is 7.77. The van der Waals surface area contributed by atoms with Gasteiger partial charge in [0, 0.05) is 11.6 Å². The van der Waals surface area contributed by atoms with Gasteiger partial charge >= 0.3 is 0 Å². The van der Waals surface area contributed by atoms with Gasteiger partial charge in [-0.2, -0.15) is 0 Å². The fourth-order valence-corrected chi connectivity index (χ4v) is 4.63. The lowest BCUT2D eigenvalue weighted by molar-refractivity contribution is -0.119. The van der Waals surface area contributed by atoms with Crippen molar-refractivity contribution in [2.75, 3.05) is 24.5 Å². The molecule has 8 heteroatoms. The number of carbonyl (C=O) groups is 1. The first kappa shape index (κ1) is 23.6. The van der Waals surface area contributed by atoms with Crippen LogP contribution >= 0.6 is 11.6 Å². The molecule has 0 aliphatic carbocycles. The van der Waals surface area contributed by atoms with Crippen molar-refractivity contribution < 1.29 is 17.9 Å². The molecule has 32 heavy (non-hydrogen) atoms. The normalized spacial score (nSPS) is 11.1. The minimum Gasteiger partial charge on any atom is -0.497 e. The average Bonchev–Trinajstić information content (AvgIpc) is 2.79. The molecule has 3 rings (SSSR count). The summed E-state index contributed by atoms with van der Waals surface area (Å²) in [5.41, 5.74) is 2.44. The third kappa shape index (κ3) is 6.02. The van der Waals surface area contributed by atoms with Gasteiger partial charge in [-0.05, 0) is 67.4 Å². The Hall–Kier alpha value is -3.03.